The monoisotopic (exact) mass is 582 g/mol. The smallest absolute Gasteiger partial charge is 0.223 e. The maximum absolute atomic E-state index is 12.9. The summed E-state index contributed by atoms with van der Waals surface area (Å²) in [6.07, 6.45) is 10.2. The SMILES string of the molecule is CCCCCC(=O)NCCCN(CCCNC(=O)CCCCC)C(=O)CCC(=O)NCCCNCCCN=C(N)N. The fourth-order valence-corrected chi connectivity index (χ4v) is 4.05. The minimum absolute atomic E-state index is 0.0416. The van der Waals surface area contributed by atoms with Crippen molar-refractivity contribution in [3.05, 3.63) is 0 Å². The van der Waals surface area contributed by atoms with Crippen molar-refractivity contribution in [2.45, 2.75) is 104 Å². The molecule has 0 aliphatic heterocycles. The number of carbonyl (C=O) groups is 4. The predicted octanol–water partition coefficient (Wildman–Crippen LogP) is 1.53. The number of rotatable bonds is 27. The average Bonchev–Trinajstić information content (AvgIpc) is 2.94. The standard InChI is InChI=1S/C29H58N8O4/c1-3-5-7-13-25(38)34-21-11-23-37(24-12-22-35-26(39)14-8-6-4-2)28(41)16-15-27(40)33-19-9-17-32-18-10-20-36-29(30)31/h32H,3-24H2,1-2H3,(H,33,40)(H,34,38)(H,35,39)(H4,30,31,36). The van der Waals surface area contributed by atoms with Crippen molar-refractivity contribution >= 4 is 29.6 Å². The van der Waals surface area contributed by atoms with Gasteiger partial charge in [0.25, 0.3) is 0 Å². The van der Waals surface area contributed by atoms with Crippen LogP contribution in [0.1, 0.15) is 104 Å². The minimum atomic E-state index is -0.148. The molecule has 0 aromatic carbocycles. The first-order valence-corrected chi connectivity index (χ1v) is 15.6. The second-order valence-electron chi connectivity index (χ2n) is 10.3. The van der Waals surface area contributed by atoms with E-state index < -0.39 is 0 Å². The van der Waals surface area contributed by atoms with Gasteiger partial charge in [-0.3, -0.25) is 24.2 Å². The number of hydrogen-bond acceptors (Lipinski definition) is 6. The van der Waals surface area contributed by atoms with E-state index in [1.807, 2.05) is 0 Å². The van der Waals surface area contributed by atoms with Crippen LogP contribution in [0.4, 0.5) is 0 Å². The summed E-state index contributed by atoms with van der Waals surface area (Å²) in [5.74, 6) is -0.0617. The van der Waals surface area contributed by atoms with E-state index in [2.05, 4.69) is 40.1 Å². The lowest BCUT2D eigenvalue weighted by molar-refractivity contribution is -0.133. The third kappa shape index (κ3) is 25.8. The van der Waals surface area contributed by atoms with Crippen LogP contribution < -0.4 is 32.7 Å². The second-order valence-corrected chi connectivity index (χ2v) is 10.3. The summed E-state index contributed by atoms with van der Waals surface area (Å²) in [6.45, 7) is 8.88. The van der Waals surface area contributed by atoms with Crippen LogP contribution in [0.2, 0.25) is 0 Å². The molecule has 0 rings (SSSR count). The molecule has 4 amide bonds. The highest BCUT2D eigenvalue weighted by molar-refractivity contribution is 5.83. The molecule has 0 aromatic heterocycles. The van der Waals surface area contributed by atoms with Gasteiger partial charge in [-0.05, 0) is 51.6 Å². The number of aliphatic imine (C=N–C) groups is 1. The van der Waals surface area contributed by atoms with Gasteiger partial charge in [-0.25, -0.2) is 0 Å². The maximum atomic E-state index is 12.9. The number of nitrogens with one attached hydrogen (secondary N) is 4. The topological polar surface area (TPSA) is 184 Å². The van der Waals surface area contributed by atoms with Crippen molar-refractivity contribution < 1.29 is 19.2 Å². The van der Waals surface area contributed by atoms with Crippen LogP contribution >= 0.6 is 0 Å². The van der Waals surface area contributed by atoms with Crippen molar-refractivity contribution in [1.29, 1.82) is 0 Å². The Balaban J connectivity index is 4.38. The van der Waals surface area contributed by atoms with E-state index in [1.165, 1.54) is 0 Å². The van der Waals surface area contributed by atoms with Crippen LogP contribution in [-0.2, 0) is 19.2 Å². The Kier molecular flexibility index (Phi) is 25.4. The van der Waals surface area contributed by atoms with E-state index in [1.54, 1.807) is 4.90 Å². The number of nitrogens with zero attached hydrogens (tertiary/aromatic N) is 2. The van der Waals surface area contributed by atoms with Gasteiger partial charge in [-0.2, -0.15) is 0 Å². The summed E-state index contributed by atoms with van der Waals surface area (Å²) < 4.78 is 0. The van der Waals surface area contributed by atoms with Crippen LogP contribution in [0.5, 0.6) is 0 Å². The lowest BCUT2D eigenvalue weighted by atomic mass is 10.2. The van der Waals surface area contributed by atoms with Gasteiger partial charge in [0.2, 0.25) is 23.6 Å². The maximum Gasteiger partial charge on any atom is 0.223 e. The first-order valence-electron chi connectivity index (χ1n) is 15.6. The lowest BCUT2D eigenvalue weighted by Crippen LogP contribution is -2.37. The summed E-state index contributed by atoms with van der Waals surface area (Å²) in [6, 6.07) is 0. The van der Waals surface area contributed by atoms with Gasteiger partial charge in [-0.1, -0.05) is 39.5 Å². The van der Waals surface area contributed by atoms with E-state index in [0.29, 0.717) is 65.0 Å². The summed E-state index contributed by atoms with van der Waals surface area (Å²) in [5.41, 5.74) is 10.6. The fraction of sp³-hybridized carbons (Fsp3) is 0.828. The van der Waals surface area contributed by atoms with E-state index in [0.717, 1.165) is 64.5 Å². The molecule has 0 heterocycles. The molecule has 0 aliphatic carbocycles. The number of carbonyl (C=O) groups excluding carboxylic acids is 4. The zero-order valence-corrected chi connectivity index (χ0v) is 25.7. The van der Waals surface area contributed by atoms with Crippen LogP contribution in [0, 0.1) is 0 Å². The minimum Gasteiger partial charge on any atom is -0.370 e. The first-order chi connectivity index (χ1) is 19.8. The average molecular weight is 583 g/mol. The first kappa shape index (κ1) is 38.1. The summed E-state index contributed by atoms with van der Waals surface area (Å²) in [7, 11) is 0. The van der Waals surface area contributed by atoms with Crippen molar-refractivity contribution in [2.24, 2.45) is 16.5 Å². The zero-order chi connectivity index (χ0) is 30.6. The van der Waals surface area contributed by atoms with E-state index in [-0.39, 0.29) is 42.4 Å². The van der Waals surface area contributed by atoms with Gasteiger partial charge in [0.15, 0.2) is 5.96 Å². The Morgan fingerprint density at radius 2 is 1.07 bits per heavy atom. The molecule has 0 spiro atoms. The Bertz CT molecular complexity index is 714. The number of nitrogens with two attached hydrogens (primary N) is 2. The fourth-order valence-electron chi connectivity index (χ4n) is 4.05. The number of amides is 4. The highest BCUT2D eigenvalue weighted by Gasteiger charge is 2.15. The Morgan fingerprint density at radius 3 is 1.59 bits per heavy atom. The molecule has 0 bridgehead atoms. The molecule has 41 heavy (non-hydrogen) atoms. The molecule has 0 aliphatic rings. The van der Waals surface area contributed by atoms with Gasteiger partial charge >= 0.3 is 0 Å². The van der Waals surface area contributed by atoms with E-state index in [9.17, 15) is 19.2 Å². The highest BCUT2D eigenvalue weighted by atomic mass is 16.2. The molecule has 8 N–H and O–H groups in total. The van der Waals surface area contributed by atoms with Gasteiger partial charge in [-0.15, -0.1) is 0 Å². The van der Waals surface area contributed by atoms with Crippen molar-refractivity contribution in [2.75, 3.05) is 52.4 Å². The zero-order valence-electron chi connectivity index (χ0n) is 25.7. The molecule has 0 saturated carbocycles. The largest absolute Gasteiger partial charge is 0.370 e. The molecule has 0 saturated heterocycles. The number of unbranched alkanes of at least 4 members (excludes halogenated alkanes) is 4. The molecular weight excluding hydrogens is 524 g/mol. The van der Waals surface area contributed by atoms with Gasteiger partial charge in [0, 0.05) is 65.0 Å². The van der Waals surface area contributed by atoms with Crippen LogP contribution in [0.15, 0.2) is 4.99 Å². The number of guanidine groups is 1. The molecular formula is C29H58N8O4. The Labute approximate surface area is 247 Å². The Hall–Kier alpha value is -2.89. The van der Waals surface area contributed by atoms with Crippen LogP contribution in [0.3, 0.4) is 0 Å². The molecule has 0 aromatic rings. The molecule has 12 nitrogen and oxygen atoms in total. The number of hydrogen-bond donors (Lipinski definition) is 6. The third-order valence-electron chi connectivity index (χ3n) is 6.45. The Morgan fingerprint density at radius 1 is 0.585 bits per heavy atom. The quantitative estimate of drug-likeness (QED) is 0.0482. The van der Waals surface area contributed by atoms with Crippen LogP contribution in [-0.4, -0.2) is 86.8 Å². The van der Waals surface area contributed by atoms with Gasteiger partial charge < -0.3 is 37.6 Å². The van der Waals surface area contributed by atoms with Crippen LogP contribution in [0.25, 0.3) is 0 Å². The third-order valence-corrected chi connectivity index (χ3v) is 6.45. The molecule has 0 atom stereocenters. The summed E-state index contributed by atoms with van der Waals surface area (Å²) in [5, 5.41) is 12.0. The highest BCUT2D eigenvalue weighted by Crippen LogP contribution is 2.03. The van der Waals surface area contributed by atoms with E-state index in [4.69, 9.17) is 11.5 Å². The van der Waals surface area contributed by atoms with Crippen molar-refractivity contribution in [1.82, 2.24) is 26.2 Å². The van der Waals surface area contributed by atoms with E-state index >= 15 is 0 Å². The molecule has 0 unspecified atom stereocenters. The lowest BCUT2D eigenvalue weighted by Gasteiger charge is -2.23. The molecule has 0 fully saturated rings. The second kappa shape index (κ2) is 27.3. The van der Waals surface area contributed by atoms with Crippen molar-refractivity contribution in [3.8, 4) is 0 Å². The molecule has 12 heteroatoms. The molecule has 238 valence electrons. The summed E-state index contributed by atoms with van der Waals surface area (Å²) in [4.78, 5) is 54.8. The summed E-state index contributed by atoms with van der Waals surface area (Å²) >= 11 is 0. The van der Waals surface area contributed by atoms with Crippen molar-refractivity contribution in [3.63, 3.8) is 0 Å². The normalized spacial score (nSPS) is 10.6. The van der Waals surface area contributed by atoms with Gasteiger partial charge in [0.05, 0.1) is 0 Å². The van der Waals surface area contributed by atoms with Gasteiger partial charge in [0.1, 0.15) is 0 Å². The predicted molar refractivity (Wildman–Crippen MR) is 165 cm³/mol. The molecule has 0 radical (unpaired) electrons.